The molecule has 0 spiro atoms. The SMILES string of the molecule is CC1(C)C=CC=NC(C)(C)C1. The van der Waals surface area contributed by atoms with Gasteiger partial charge >= 0.3 is 0 Å². The number of nitrogens with zero attached hydrogens (tertiary/aromatic N) is 1. The van der Waals surface area contributed by atoms with Crippen LogP contribution in [0.3, 0.4) is 0 Å². The molecule has 62 valence electrons. The molecule has 1 heterocycles. The van der Waals surface area contributed by atoms with E-state index in [1.807, 2.05) is 6.21 Å². The monoisotopic (exact) mass is 151 g/mol. The summed E-state index contributed by atoms with van der Waals surface area (Å²) in [7, 11) is 0. The highest BCUT2D eigenvalue weighted by atomic mass is 14.8. The Morgan fingerprint density at radius 1 is 1.18 bits per heavy atom. The standard InChI is InChI=1S/C10H17N/c1-9(2)6-5-7-11-10(3,4)8-9/h5-7H,8H2,1-4H3. The van der Waals surface area contributed by atoms with E-state index in [1.54, 1.807) is 0 Å². The van der Waals surface area contributed by atoms with Gasteiger partial charge in [0.1, 0.15) is 0 Å². The summed E-state index contributed by atoms with van der Waals surface area (Å²) in [5.41, 5.74) is 0.396. The minimum atomic E-state index is 0.104. The van der Waals surface area contributed by atoms with Gasteiger partial charge in [0.15, 0.2) is 0 Å². The fourth-order valence-electron chi connectivity index (χ4n) is 1.77. The van der Waals surface area contributed by atoms with Crippen LogP contribution >= 0.6 is 0 Å². The largest absolute Gasteiger partial charge is 0.287 e. The lowest BCUT2D eigenvalue weighted by Gasteiger charge is -2.28. The van der Waals surface area contributed by atoms with E-state index in [0.29, 0.717) is 5.41 Å². The predicted molar refractivity (Wildman–Crippen MR) is 50.1 cm³/mol. The van der Waals surface area contributed by atoms with Crippen molar-refractivity contribution in [2.75, 3.05) is 0 Å². The van der Waals surface area contributed by atoms with Crippen LogP contribution in [0, 0.1) is 5.41 Å². The molecule has 0 fully saturated rings. The molecule has 0 amide bonds. The molecule has 0 aromatic rings. The first kappa shape index (κ1) is 8.51. The molecule has 0 radical (unpaired) electrons. The second kappa shape index (κ2) is 2.47. The van der Waals surface area contributed by atoms with Crippen LogP contribution in [0.1, 0.15) is 34.1 Å². The van der Waals surface area contributed by atoms with Crippen LogP contribution in [0.25, 0.3) is 0 Å². The molecule has 0 N–H and O–H groups in total. The Bertz CT molecular complexity index is 175. The third-order valence-electron chi connectivity index (χ3n) is 1.95. The fourth-order valence-corrected chi connectivity index (χ4v) is 1.77. The summed E-state index contributed by atoms with van der Waals surface area (Å²) in [6, 6.07) is 0. The Morgan fingerprint density at radius 3 is 2.45 bits per heavy atom. The van der Waals surface area contributed by atoms with Crippen LogP contribution in [0.4, 0.5) is 0 Å². The maximum Gasteiger partial charge on any atom is 0.0560 e. The van der Waals surface area contributed by atoms with Gasteiger partial charge in [-0.15, -0.1) is 0 Å². The van der Waals surface area contributed by atoms with Crippen LogP contribution < -0.4 is 0 Å². The molecular formula is C10H17N. The molecule has 11 heavy (non-hydrogen) atoms. The summed E-state index contributed by atoms with van der Waals surface area (Å²) < 4.78 is 0. The summed E-state index contributed by atoms with van der Waals surface area (Å²) >= 11 is 0. The highest BCUT2D eigenvalue weighted by Crippen LogP contribution is 2.32. The summed E-state index contributed by atoms with van der Waals surface area (Å²) in [5.74, 6) is 0. The number of aliphatic imine (C=N–C) groups is 1. The zero-order valence-electron chi connectivity index (χ0n) is 7.89. The van der Waals surface area contributed by atoms with Crippen LogP contribution in [0.5, 0.6) is 0 Å². The van der Waals surface area contributed by atoms with Gasteiger partial charge in [-0.3, -0.25) is 4.99 Å². The van der Waals surface area contributed by atoms with E-state index >= 15 is 0 Å². The van der Waals surface area contributed by atoms with Crippen LogP contribution in [0.15, 0.2) is 17.1 Å². The van der Waals surface area contributed by atoms with Gasteiger partial charge in [0.2, 0.25) is 0 Å². The van der Waals surface area contributed by atoms with Crippen LogP contribution in [0.2, 0.25) is 0 Å². The number of rotatable bonds is 0. The van der Waals surface area contributed by atoms with E-state index < -0.39 is 0 Å². The van der Waals surface area contributed by atoms with Crippen molar-refractivity contribution in [1.29, 1.82) is 0 Å². The van der Waals surface area contributed by atoms with Crippen molar-refractivity contribution in [3.05, 3.63) is 12.2 Å². The molecule has 1 nitrogen and oxygen atoms in total. The summed E-state index contributed by atoms with van der Waals surface area (Å²) in [4.78, 5) is 4.44. The molecule has 0 unspecified atom stereocenters. The quantitative estimate of drug-likeness (QED) is 0.505. The second-order valence-corrected chi connectivity index (χ2v) is 4.62. The molecule has 1 rings (SSSR count). The van der Waals surface area contributed by atoms with Crippen molar-refractivity contribution >= 4 is 6.21 Å². The molecule has 1 aliphatic heterocycles. The van der Waals surface area contributed by atoms with Crippen molar-refractivity contribution < 1.29 is 0 Å². The van der Waals surface area contributed by atoms with E-state index in [0.717, 1.165) is 6.42 Å². The third kappa shape index (κ3) is 2.49. The molecule has 0 aromatic heterocycles. The smallest absolute Gasteiger partial charge is 0.0560 e. The maximum atomic E-state index is 4.44. The van der Waals surface area contributed by atoms with Crippen molar-refractivity contribution in [2.24, 2.45) is 10.4 Å². The van der Waals surface area contributed by atoms with Gasteiger partial charge in [-0.2, -0.15) is 0 Å². The van der Waals surface area contributed by atoms with E-state index in [4.69, 9.17) is 0 Å². The first-order valence-electron chi connectivity index (χ1n) is 4.14. The molecule has 1 heteroatoms. The Kier molecular flexibility index (Phi) is 1.91. The van der Waals surface area contributed by atoms with Gasteiger partial charge < -0.3 is 0 Å². The van der Waals surface area contributed by atoms with Crippen molar-refractivity contribution in [2.45, 2.75) is 39.7 Å². The predicted octanol–water partition coefficient (Wildman–Crippen LogP) is 2.82. The second-order valence-electron chi connectivity index (χ2n) is 4.62. The molecule has 0 saturated carbocycles. The normalized spacial score (nSPS) is 26.5. The molecule has 1 aliphatic rings. The first-order valence-corrected chi connectivity index (χ1v) is 4.14. The molecule has 0 saturated heterocycles. The lowest BCUT2D eigenvalue weighted by Crippen LogP contribution is -2.24. The van der Waals surface area contributed by atoms with Crippen LogP contribution in [-0.4, -0.2) is 11.8 Å². The maximum absolute atomic E-state index is 4.44. The Hall–Kier alpha value is -0.590. The summed E-state index contributed by atoms with van der Waals surface area (Å²) in [6.07, 6.45) is 7.31. The van der Waals surface area contributed by atoms with Gasteiger partial charge in [0.25, 0.3) is 0 Å². The van der Waals surface area contributed by atoms with E-state index in [-0.39, 0.29) is 5.54 Å². The number of hydrogen-bond acceptors (Lipinski definition) is 1. The highest BCUT2D eigenvalue weighted by molar-refractivity contribution is 5.72. The molecule has 0 aromatic carbocycles. The first-order chi connectivity index (χ1) is 4.91. The topological polar surface area (TPSA) is 12.4 Å². The van der Waals surface area contributed by atoms with Gasteiger partial charge in [0.05, 0.1) is 5.54 Å². The van der Waals surface area contributed by atoms with Crippen molar-refractivity contribution in [1.82, 2.24) is 0 Å². The van der Waals surface area contributed by atoms with Crippen LogP contribution in [-0.2, 0) is 0 Å². The minimum absolute atomic E-state index is 0.104. The molecule has 0 aliphatic carbocycles. The zero-order chi connectivity index (χ0) is 8.54. The zero-order valence-corrected chi connectivity index (χ0v) is 7.89. The molecular weight excluding hydrogens is 134 g/mol. The highest BCUT2D eigenvalue weighted by Gasteiger charge is 2.26. The molecule has 0 bridgehead atoms. The summed E-state index contributed by atoms with van der Waals surface area (Å²) in [6.45, 7) is 8.86. The van der Waals surface area contributed by atoms with Crippen molar-refractivity contribution in [3.8, 4) is 0 Å². The Balaban J connectivity index is 2.83. The van der Waals surface area contributed by atoms with E-state index in [2.05, 4.69) is 44.8 Å². The lowest BCUT2D eigenvalue weighted by atomic mass is 9.81. The number of allylic oxidation sites excluding steroid dienone is 2. The number of hydrogen-bond donors (Lipinski definition) is 0. The fraction of sp³-hybridized carbons (Fsp3) is 0.700. The minimum Gasteiger partial charge on any atom is -0.287 e. The Labute approximate surface area is 69.2 Å². The average molecular weight is 151 g/mol. The Morgan fingerprint density at radius 2 is 1.82 bits per heavy atom. The van der Waals surface area contributed by atoms with Gasteiger partial charge in [-0.25, -0.2) is 0 Å². The van der Waals surface area contributed by atoms with Crippen molar-refractivity contribution in [3.63, 3.8) is 0 Å². The molecule has 0 atom stereocenters. The van der Waals surface area contributed by atoms with Gasteiger partial charge in [-0.1, -0.05) is 19.9 Å². The van der Waals surface area contributed by atoms with Gasteiger partial charge in [-0.05, 0) is 31.8 Å². The van der Waals surface area contributed by atoms with E-state index in [9.17, 15) is 0 Å². The third-order valence-corrected chi connectivity index (χ3v) is 1.95. The summed E-state index contributed by atoms with van der Waals surface area (Å²) in [5, 5.41) is 0. The lowest BCUT2D eigenvalue weighted by molar-refractivity contribution is 0.329. The van der Waals surface area contributed by atoms with Gasteiger partial charge in [0, 0.05) is 6.21 Å². The average Bonchev–Trinajstić information content (AvgIpc) is 1.86. The van der Waals surface area contributed by atoms with E-state index in [1.165, 1.54) is 0 Å².